The molecule has 1 aliphatic carbocycles. The number of aliphatic hydroxyl groups is 1. The van der Waals surface area contributed by atoms with Gasteiger partial charge in [-0.25, -0.2) is 9.97 Å². The summed E-state index contributed by atoms with van der Waals surface area (Å²) in [5.74, 6) is 1.17. The lowest BCUT2D eigenvalue weighted by atomic mass is 9.96. The third kappa shape index (κ3) is 3.39. The monoisotopic (exact) mass is 360 g/mol. The number of aliphatic hydroxyl groups excluding tert-OH is 1. The van der Waals surface area contributed by atoms with Crippen LogP contribution in [0.1, 0.15) is 42.5 Å². The minimum absolute atomic E-state index is 0.283. The van der Waals surface area contributed by atoms with Gasteiger partial charge in [-0.2, -0.15) is 0 Å². The van der Waals surface area contributed by atoms with Crippen LogP contribution in [0, 0.1) is 0 Å². The van der Waals surface area contributed by atoms with Crippen LogP contribution in [0.4, 0.5) is 5.82 Å². The van der Waals surface area contributed by atoms with E-state index >= 15 is 0 Å². The number of aromatic nitrogens is 2. The molecule has 1 N–H and O–H groups in total. The second kappa shape index (κ2) is 7.56. The van der Waals surface area contributed by atoms with Gasteiger partial charge in [0, 0.05) is 37.2 Å². The van der Waals surface area contributed by atoms with Crippen molar-refractivity contribution in [2.45, 2.75) is 51.0 Å². The van der Waals surface area contributed by atoms with Gasteiger partial charge in [-0.15, -0.1) is 11.3 Å². The molecular formula is C19H28N4OS. The number of piperidine rings is 1. The molecule has 0 spiro atoms. The highest BCUT2D eigenvalue weighted by Crippen LogP contribution is 2.39. The third-order valence-corrected chi connectivity index (χ3v) is 6.99. The van der Waals surface area contributed by atoms with Gasteiger partial charge in [-0.3, -0.25) is 0 Å². The van der Waals surface area contributed by atoms with E-state index in [1.807, 2.05) is 11.3 Å². The van der Waals surface area contributed by atoms with E-state index in [1.54, 1.807) is 11.2 Å². The molecule has 0 amide bonds. The molecule has 2 aromatic heterocycles. The number of anilines is 1. The molecule has 25 heavy (non-hydrogen) atoms. The first-order chi connectivity index (χ1) is 12.3. The van der Waals surface area contributed by atoms with E-state index in [4.69, 9.17) is 10.1 Å². The van der Waals surface area contributed by atoms with Crippen molar-refractivity contribution in [3.63, 3.8) is 0 Å². The van der Waals surface area contributed by atoms with Crippen molar-refractivity contribution in [1.29, 1.82) is 0 Å². The molecule has 2 aliphatic rings. The van der Waals surface area contributed by atoms with Gasteiger partial charge in [0.25, 0.3) is 0 Å². The van der Waals surface area contributed by atoms with Crippen LogP contribution in [0.25, 0.3) is 10.2 Å². The number of hydrogen-bond donors (Lipinski definition) is 1. The van der Waals surface area contributed by atoms with Gasteiger partial charge >= 0.3 is 0 Å². The van der Waals surface area contributed by atoms with Crippen molar-refractivity contribution in [1.82, 2.24) is 14.9 Å². The molecule has 0 bridgehead atoms. The maximum Gasteiger partial charge on any atom is 0.141 e. The van der Waals surface area contributed by atoms with Crippen molar-refractivity contribution in [3.8, 4) is 0 Å². The predicted molar refractivity (Wildman–Crippen MR) is 104 cm³/mol. The van der Waals surface area contributed by atoms with Crippen molar-refractivity contribution in [3.05, 3.63) is 16.8 Å². The molecule has 0 saturated carbocycles. The van der Waals surface area contributed by atoms with E-state index in [-0.39, 0.29) is 6.61 Å². The fraction of sp³-hybridized carbons (Fsp3) is 0.684. The molecule has 6 heteroatoms. The van der Waals surface area contributed by atoms with Crippen molar-refractivity contribution < 1.29 is 5.11 Å². The van der Waals surface area contributed by atoms with Crippen LogP contribution in [0.3, 0.4) is 0 Å². The fourth-order valence-electron chi connectivity index (χ4n) is 4.33. The molecule has 1 fully saturated rings. The Balaban J connectivity index is 1.52. The SMILES string of the molecule is CN(CCCO)C1CCN(c2ncnc3sc4c(c23)CCCC4)CC1. The van der Waals surface area contributed by atoms with Crippen molar-refractivity contribution in [2.75, 3.05) is 38.2 Å². The standard InChI is InChI=1S/C19H28N4OS/c1-22(9-4-12-24)14-7-10-23(11-8-14)18-17-15-5-2-3-6-16(15)25-19(17)21-13-20-18/h13-14,24H,2-12H2,1H3. The summed E-state index contributed by atoms with van der Waals surface area (Å²) in [6.07, 6.45) is 9.96. The minimum atomic E-state index is 0.283. The van der Waals surface area contributed by atoms with Crippen LogP contribution in [0.2, 0.25) is 0 Å². The molecule has 0 radical (unpaired) electrons. The second-order valence-electron chi connectivity index (χ2n) is 7.36. The minimum Gasteiger partial charge on any atom is -0.396 e. The van der Waals surface area contributed by atoms with Gasteiger partial charge in [0.1, 0.15) is 17.0 Å². The average molecular weight is 361 g/mol. The second-order valence-corrected chi connectivity index (χ2v) is 8.45. The van der Waals surface area contributed by atoms with E-state index in [2.05, 4.69) is 21.8 Å². The number of hydrogen-bond acceptors (Lipinski definition) is 6. The summed E-state index contributed by atoms with van der Waals surface area (Å²) < 4.78 is 0. The Morgan fingerprint density at radius 3 is 2.84 bits per heavy atom. The fourth-order valence-corrected chi connectivity index (χ4v) is 5.56. The van der Waals surface area contributed by atoms with Crippen LogP contribution < -0.4 is 4.90 Å². The van der Waals surface area contributed by atoms with Crippen molar-refractivity contribution >= 4 is 27.4 Å². The number of rotatable bonds is 5. The van der Waals surface area contributed by atoms with Crippen LogP contribution in [0.5, 0.6) is 0 Å². The van der Waals surface area contributed by atoms with Gasteiger partial charge in [0.2, 0.25) is 0 Å². The topological polar surface area (TPSA) is 52.5 Å². The average Bonchev–Trinajstić information content (AvgIpc) is 3.05. The first-order valence-corrected chi connectivity index (χ1v) is 10.4. The van der Waals surface area contributed by atoms with Crippen LogP contribution in [-0.4, -0.2) is 59.3 Å². The molecule has 3 heterocycles. The zero-order valence-corrected chi connectivity index (χ0v) is 15.9. The zero-order chi connectivity index (χ0) is 17.2. The highest BCUT2D eigenvalue weighted by Gasteiger charge is 2.26. The Morgan fingerprint density at radius 2 is 2.04 bits per heavy atom. The van der Waals surface area contributed by atoms with Gasteiger partial charge in [0.05, 0.1) is 5.39 Å². The first kappa shape index (κ1) is 17.2. The van der Waals surface area contributed by atoms with Gasteiger partial charge in [-0.05, 0) is 57.6 Å². The normalized spacial score (nSPS) is 18.9. The van der Waals surface area contributed by atoms with E-state index in [1.165, 1.54) is 60.1 Å². The molecule has 1 aliphatic heterocycles. The Hall–Kier alpha value is -1.24. The summed E-state index contributed by atoms with van der Waals surface area (Å²) in [6, 6.07) is 0.622. The number of thiophene rings is 1. The zero-order valence-electron chi connectivity index (χ0n) is 15.1. The molecule has 5 nitrogen and oxygen atoms in total. The number of fused-ring (bicyclic) bond motifs is 3. The summed E-state index contributed by atoms with van der Waals surface area (Å²) in [6.45, 7) is 3.39. The Morgan fingerprint density at radius 1 is 1.24 bits per heavy atom. The molecule has 136 valence electrons. The molecule has 0 aromatic carbocycles. The molecular weight excluding hydrogens is 332 g/mol. The number of aryl methyl sites for hydroxylation is 2. The van der Waals surface area contributed by atoms with Crippen LogP contribution >= 0.6 is 11.3 Å². The lowest BCUT2D eigenvalue weighted by Gasteiger charge is -2.37. The highest BCUT2D eigenvalue weighted by atomic mass is 32.1. The summed E-state index contributed by atoms with van der Waals surface area (Å²) >= 11 is 1.88. The van der Waals surface area contributed by atoms with E-state index in [0.717, 1.165) is 26.1 Å². The third-order valence-electron chi connectivity index (χ3n) is 5.79. The number of nitrogens with zero attached hydrogens (tertiary/aromatic N) is 4. The maximum atomic E-state index is 9.03. The van der Waals surface area contributed by atoms with Gasteiger partial charge < -0.3 is 14.9 Å². The molecule has 4 rings (SSSR count). The molecule has 1 saturated heterocycles. The predicted octanol–water partition coefficient (Wildman–Crippen LogP) is 2.85. The quantitative estimate of drug-likeness (QED) is 0.889. The lowest BCUT2D eigenvalue weighted by molar-refractivity contribution is 0.184. The Kier molecular flexibility index (Phi) is 5.20. The van der Waals surface area contributed by atoms with Gasteiger partial charge in [-0.1, -0.05) is 0 Å². The Labute approximate surface area is 153 Å². The molecule has 2 aromatic rings. The molecule has 0 atom stereocenters. The van der Waals surface area contributed by atoms with Crippen LogP contribution in [-0.2, 0) is 12.8 Å². The summed E-state index contributed by atoms with van der Waals surface area (Å²) in [5, 5.41) is 10.4. The highest BCUT2D eigenvalue weighted by molar-refractivity contribution is 7.19. The Bertz CT molecular complexity index is 724. The first-order valence-electron chi connectivity index (χ1n) is 9.59. The van der Waals surface area contributed by atoms with Gasteiger partial charge in [0.15, 0.2) is 0 Å². The van der Waals surface area contributed by atoms with E-state index in [0.29, 0.717) is 6.04 Å². The van der Waals surface area contributed by atoms with E-state index in [9.17, 15) is 0 Å². The smallest absolute Gasteiger partial charge is 0.141 e. The summed E-state index contributed by atoms with van der Waals surface area (Å²) in [4.78, 5) is 16.9. The maximum absolute atomic E-state index is 9.03. The van der Waals surface area contributed by atoms with Crippen molar-refractivity contribution in [2.24, 2.45) is 0 Å². The van der Waals surface area contributed by atoms with Crippen LogP contribution in [0.15, 0.2) is 6.33 Å². The largest absolute Gasteiger partial charge is 0.396 e. The molecule has 0 unspecified atom stereocenters. The van der Waals surface area contributed by atoms with E-state index < -0.39 is 0 Å². The lowest BCUT2D eigenvalue weighted by Crippen LogP contribution is -2.44. The summed E-state index contributed by atoms with van der Waals surface area (Å²) in [5.41, 5.74) is 1.53. The summed E-state index contributed by atoms with van der Waals surface area (Å²) in [7, 11) is 2.19.